The Morgan fingerprint density at radius 3 is 2.44 bits per heavy atom. The second-order valence-electron chi connectivity index (χ2n) is 2.60. The number of hydrogen-bond acceptors (Lipinski definition) is 1. The van der Waals surface area contributed by atoms with Crippen molar-refractivity contribution in [2.75, 3.05) is 13.1 Å². The van der Waals surface area contributed by atoms with Crippen molar-refractivity contribution in [2.24, 2.45) is 5.92 Å². The van der Waals surface area contributed by atoms with Gasteiger partial charge in [0.2, 0.25) is 0 Å². The molecule has 9 heavy (non-hydrogen) atoms. The largest absolute Gasteiger partial charge is 0.314 e. The molecule has 1 rings (SSSR count). The van der Waals surface area contributed by atoms with Gasteiger partial charge in [-0.05, 0) is 18.9 Å². The monoisotopic (exact) mass is 153 g/mol. The second kappa shape index (κ2) is 4.07. The van der Waals surface area contributed by atoms with Gasteiger partial charge in [-0.3, -0.25) is 0 Å². The van der Waals surface area contributed by atoms with Crippen molar-refractivity contribution >= 4 is 12.4 Å². The van der Waals surface area contributed by atoms with E-state index in [4.69, 9.17) is 0 Å². The van der Waals surface area contributed by atoms with Crippen LogP contribution in [0.3, 0.4) is 0 Å². The maximum absolute atomic E-state index is 12.4. The summed E-state index contributed by atoms with van der Waals surface area (Å²) in [4.78, 5) is 0. The molecule has 0 saturated carbocycles. The molecular formula is C6H13ClFN. The summed E-state index contributed by atoms with van der Waals surface area (Å²) in [6, 6.07) is 0. The Kier molecular flexibility index (Phi) is 4.15. The molecule has 1 nitrogen and oxygen atoms in total. The Balaban J connectivity index is 0.000000640. The molecule has 3 heteroatoms. The van der Waals surface area contributed by atoms with Crippen molar-refractivity contribution in [3.8, 4) is 0 Å². The van der Waals surface area contributed by atoms with Crippen LogP contribution in [0.2, 0.25) is 0 Å². The average Bonchev–Trinajstić information content (AvgIpc) is 1.64. The molecule has 2 atom stereocenters. The first-order valence-electron chi connectivity index (χ1n) is 3.14. The van der Waals surface area contributed by atoms with Crippen LogP contribution in [0.15, 0.2) is 0 Å². The Morgan fingerprint density at radius 1 is 1.44 bits per heavy atom. The summed E-state index contributed by atoms with van der Waals surface area (Å²) in [6.07, 6.45) is 0.145. The summed E-state index contributed by atoms with van der Waals surface area (Å²) < 4.78 is 12.4. The first kappa shape index (κ1) is 9.18. The fourth-order valence-corrected chi connectivity index (χ4v) is 1.09. The van der Waals surface area contributed by atoms with E-state index in [1.165, 1.54) is 0 Å². The first-order chi connectivity index (χ1) is 3.79. The minimum absolute atomic E-state index is 0. The predicted molar refractivity (Wildman–Crippen MR) is 38.8 cm³/mol. The summed E-state index contributed by atoms with van der Waals surface area (Å²) in [5.41, 5.74) is 0. The van der Waals surface area contributed by atoms with Crippen LogP contribution in [0.5, 0.6) is 0 Å². The summed E-state index contributed by atoms with van der Waals surface area (Å²) in [5.74, 6) is 0.527. The van der Waals surface area contributed by atoms with E-state index in [-0.39, 0.29) is 12.4 Å². The molecule has 1 aliphatic heterocycles. The average molecular weight is 154 g/mol. The Hall–Kier alpha value is 0.180. The Morgan fingerprint density at radius 2 is 2.11 bits per heavy atom. The van der Waals surface area contributed by atoms with Crippen LogP contribution in [-0.4, -0.2) is 19.3 Å². The van der Waals surface area contributed by atoms with Crippen molar-refractivity contribution in [1.82, 2.24) is 5.32 Å². The zero-order valence-electron chi connectivity index (χ0n) is 5.56. The van der Waals surface area contributed by atoms with Crippen LogP contribution in [0.25, 0.3) is 0 Å². The molecule has 0 aromatic carbocycles. The molecule has 1 heterocycles. The summed E-state index contributed by atoms with van der Waals surface area (Å²) >= 11 is 0. The van der Waals surface area contributed by atoms with Crippen molar-refractivity contribution in [3.05, 3.63) is 0 Å². The Bertz CT molecular complexity index is 71.5. The van der Waals surface area contributed by atoms with Gasteiger partial charge in [0.15, 0.2) is 0 Å². The highest BCUT2D eigenvalue weighted by atomic mass is 35.5. The molecule has 0 unspecified atom stereocenters. The lowest BCUT2D eigenvalue weighted by molar-refractivity contribution is 0.224. The summed E-state index contributed by atoms with van der Waals surface area (Å²) in [5, 5.41) is 3.01. The first-order valence-corrected chi connectivity index (χ1v) is 3.14. The molecule has 1 fully saturated rings. The molecule has 0 radical (unpaired) electrons. The lowest BCUT2D eigenvalue weighted by Crippen LogP contribution is -2.35. The minimum atomic E-state index is -0.598. The Labute approximate surface area is 61.4 Å². The van der Waals surface area contributed by atoms with Crippen molar-refractivity contribution in [3.63, 3.8) is 0 Å². The van der Waals surface area contributed by atoms with E-state index >= 15 is 0 Å². The third kappa shape index (κ3) is 3.01. The van der Waals surface area contributed by atoms with Crippen LogP contribution in [-0.2, 0) is 0 Å². The van der Waals surface area contributed by atoms with Crippen molar-refractivity contribution in [1.29, 1.82) is 0 Å². The number of alkyl halides is 1. The normalized spacial score (nSPS) is 35.3. The fraction of sp³-hybridized carbons (Fsp3) is 1.00. The summed E-state index contributed by atoms with van der Waals surface area (Å²) in [7, 11) is 0. The zero-order chi connectivity index (χ0) is 5.98. The number of hydrogen-bond donors (Lipinski definition) is 1. The molecule has 0 spiro atoms. The molecule has 0 aliphatic carbocycles. The molecule has 0 bridgehead atoms. The topological polar surface area (TPSA) is 12.0 Å². The van der Waals surface area contributed by atoms with Gasteiger partial charge in [0.1, 0.15) is 6.17 Å². The van der Waals surface area contributed by atoms with Crippen LogP contribution in [0.4, 0.5) is 4.39 Å². The van der Waals surface area contributed by atoms with Gasteiger partial charge in [-0.2, -0.15) is 0 Å². The smallest absolute Gasteiger partial charge is 0.113 e. The molecule has 0 aromatic rings. The summed E-state index contributed by atoms with van der Waals surface area (Å²) in [6.45, 7) is 3.61. The molecule has 0 amide bonds. The molecule has 1 aliphatic rings. The van der Waals surface area contributed by atoms with Crippen LogP contribution in [0, 0.1) is 5.92 Å². The second-order valence-corrected chi connectivity index (χ2v) is 2.60. The van der Waals surface area contributed by atoms with E-state index < -0.39 is 6.17 Å². The van der Waals surface area contributed by atoms with Gasteiger partial charge in [0.25, 0.3) is 0 Å². The lowest BCUT2D eigenvalue weighted by Gasteiger charge is -2.21. The van der Waals surface area contributed by atoms with Crippen molar-refractivity contribution < 1.29 is 4.39 Å². The van der Waals surface area contributed by atoms with E-state index in [0.717, 1.165) is 13.0 Å². The van der Waals surface area contributed by atoms with Gasteiger partial charge in [0, 0.05) is 6.54 Å². The van der Waals surface area contributed by atoms with Gasteiger partial charge >= 0.3 is 0 Å². The van der Waals surface area contributed by atoms with Gasteiger partial charge in [-0.15, -0.1) is 12.4 Å². The fourth-order valence-electron chi connectivity index (χ4n) is 1.09. The molecule has 0 aromatic heterocycles. The molecule has 56 valence electrons. The van der Waals surface area contributed by atoms with Crippen LogP contribution >= 0.6 is 12.4 Å². The minimum Gasteiger partial charge on any atom is -0.314 e. The third-order valence-corrected chi connectivity index (χ3v) is 1.52. The quantitative estimate of drug-likeness (QED) is 0.555. The standard InChI is InChI=1S/C6H12FN.ClH/c1-5-2-6(7)4-8-3-5;/h5-6,8H,2-4H2,1H3;1H/t5-,6+;/m0./s1. The van der Waals surface area contributed by atoms with E-state index in [2.05, 4.69) is 12.2 Å². The van der Waals surface area contributed by atoms with Gasteiger partial charge in [-0.25, -0.2) is 4.39 Å². The van der Waals surface area contributed by atoms with E-state index in [0.29, 0.717) is 12.5 Å². The highest BCUT2D eigenvalue weighted by Gasteiger charge is 2.16. The van der Waals surface area contributed by atoms with E-state index in [1.54, 1.807) is 0 Å². The lowest BCUT2D eigenvalue weighted by atomic mass is 10.0. The van der Waals surface area contributed by atoms with E-state index in [9.17, 15) is 4.39 Å². The maximum atomic E-state index is 12.4. The number of nitrogens with one attached hydrogen (secondary N) is 1. The molecule has 1 saturated heterocycles. The van der Waals surface area contributed by atoms with Gasteiger partial charge in [0.05, 0.1) is 0 Å². The van der Waals surface area contributed by atoms with Crippen LogP contribution < -0.4 is 5.32 Å². The number of rotatable bonds is 0. The number of halogens is 2. The van der Waals surface area contributed by atoms with Gasteiger partial charge < -0.3 is 5.32 Å². The van der Waals surface area contributed by atoms with Gasteiger partial charge in [-0.1, -0.05) is 6.92 Å². The highest BCUT2D eigenvalue weighted by Crippen LogP contribution is 2.11. The maximum Gasteiger partial charge on any atom is 0.113 e. The zero-order valence-corrected chi connectivity index (χ0v) is 6.38. The number of piperidine rings is 1. The van der Waals surface area contributed by atoms with E-state index in [1.807, 2.05) is 0 Å². The molecule has 1 N–H and O–H groups in total. The SMILES string of the molecule is C[C@@H]1CNC[C@H](F)C1.Cl. The predicted octanol–water partition coefficient (Wildman–Crippen LogP) is 1.38. The van der Waals surface area contributed by atoms with Crippen molar-refractivity contribution in [2.45, 2.75) is 19.5 Å². The van der Waals surface area contributed by atoms with Crippen LogP contribution in [0.1, 0.15) is 13.3 Å². The molecular weight excluding hydrogens is 141 g/mol. The highest BCUT2D eigenvalue weighted by molar-refractivity contribution is 5.85. The third-order valence-electron chi connectivity index (χ3n) is 1.52.